The number of ketones is 1. The Morgan fingerprint density at radius 2 is 2.18 bits per heavy atom. The Balaban J connectivity index is 2.80. The molecule has 1 aromatic rings. The Kier molecular flexibility index (Phi) is 5.10. The zero-order valence-corrected chi connectivity index (χ0v) is 10.5. The summed E-state index contributed by atoms with van der Waals surface area (Å²) < 4.78 is 5.45. The Morgan fingerprint density at radius 3 is 2.76 bits per heavy atom. The standard InChI is InChI=1S/C13H19NO3/c1-4-5-12(15)13(16)10-6-11(8-14-7-10)17-9(2)3/h6-9,12,15H,4-5H2,1-3H3. The highest BCUT2D eigenvalue weighted by atomic mass is 16.5. The molecule has 0 aromatic carbocycles. The Morgan fingerprint density at radius 1 is 1.47 bits per heavy atom. The molecule has 1 heterocycles. The summed E-state index contributed by atoms with van der Waals surface area (Å²) >= 11 is 0. The predicted octanol–water partition coefficient (Wildman–Crippen LogP) is 2.21. The number of hydrogen-bond acceptors (Lipinski definition) is 4. The molecule has 0 saturated carbocycles. The fraction of sp³-hybridized carbons (Fsp3) is 0.538. The molecule has 0 aliphatic rings. The van der Waals surface area contributed by atoms with Gasteiger partial charge in [-0.05, 0) is 26.3 Å². The molecule has 1 aromatic heterocycles. The Labute approximate surface area is 102 Å². The lowest BCUT2D eigenvalue weighted by molar-refractivity contribution is 0.0728. The normalized spacial score (nSPS) is 12.5. The summed E-state index contributed by atoms with van der Waals surface area (Å²) in [5.74, 6) is 0.253. The molecule has 0 fully saturated rings. The molecule has 4 heteroatoms. The van der Waals surface area contributed by atoms with Crippen molar-refractivity contribution < 1.29 is 14.6 Å². The van der Waals surface area contributed by atoms with Gasteiger partial charge in [-0.25, -0.2) is 0 Å². The zero-order valence-electron chi connectivity index (χ0n) is 10.5. The van der Waals surface area contributed by atoms with E-state index in [1.165, 1.54) is 6.20 Å². The van der Waals surface area contributed by atoms with Crippen LogP contribution in [0.2, 0.25) is 0 Å². The maximum atomic E-state index is 11.8. The molecule has 1 unspecified atom stereocenters. The van der Waals surface area contributed by atoms with E-state index in [1.54, 1.807) is 12.3 Å². The molecule has 0 radical (unpaired) electrons. The van der Waals surface area contributed by atoms with Gasteiger partial charge in [0.25, 0.3) is 0 Å². The quantitative estimate of drug-likeness (QED) is 0.771. The summed E-state index contributed by atoms with van der Waals surface area (Å²) in [6, 6.07) is 1.62. The van der Waals surface area contributed by atoms with Crippen molar-refractivity contribution in [2.45, 2.75) is 45.8 Å². The molecule has 1 rings (SSSR count). The number of aliphatic hydroxyl groups is 1. The van der Waals surface area contributed by atoms with Crippen molar-refractivity contribution in [2.75, 3.05) is 0 Å². The summed E-state index contributed by atoms with van der Waals surface area (Å²) in [4.78, 5) is 15.8. The van der Waals surface area contributed by atoms with Crippen LogP contribution in [0.4, 0.5) is 0 Å². The van der Waals surface area contributed by atoms with E-state index in [4.69, 9.17) is 4.74 Å². The highest BCUT2D eigenvalue weighted by molar-refractivity contribution is 5.99. The van der Waals surface area contributed by atoms with Crippen molar-refractivity contribution in [3.63, 3.8) is 0 Å². The summed E-state index contributed by atoms with van der Waals surface area (Å²) in [5, 5.41) is 9.63. The number of hydrogen-bond donors (Lipinski definition) is 1. The minimum absolute atomic E-state index is 0.0303. The first-order valence-corrected chi connectivity index (χ1v) is 5.88. The fourth-order valence-electron chi connectivity index (χ4n) is 1.49. The molecule has 0 bridgehead atoms. The summed E-state index contributed by atoms with van der Waals surface area (Å²) in [6.45, 7) is 5.73. The van der Waals surface area contributed by atoms with Crippen LogP contribution >= 0.6 is 0 Å². The van der Waals surface area contributed by atoms with Crippen LogP contribution in [0.25, 0.3) is 0 Å². The van der Waals surface area contributed by atoms with Crippen molar-refractivity contribution in [1.29, 1.82) is 0 Å². The van der Waals surface area contributed by atoms with E-state index in [2.05, 4.69) is 4.98 Å². The molecule has 0 saturated heterocycles. The van der Waals surface area contributed by atoms with Gasteiger partial charge in [-0.2, -0.15) is 0 Å². The second-order valence-electron chi connectivity index (χ2n) is 4.24. The smallest absolute Gasteiger partial charge is 0.192 e. The Hall–Kier alpha value is -1.42. The molecule has 1 N–H and O–H groups in total. The number of pyridine rings is 1. The van der Waals surface area contributed by atoms with Crippen molar-refractivity contribution in [2.24, 2.45) is 0 Å². The SMILES string of the molecule is CCCC(O)C(=O)c1cncc(OC(C)C)c1. The summed E-state index contributed by atoms with van der Waals surface area (Å²) in [6.07, 6.45) is 3.33. The van der Waals surface area contributed by atoms with Gasteiger partial charge in [0.1, 0.15) is 11.9 Å². The minimum atomic E-state index is -0.948. The van der Waals surface area contributed by atoms with E-state index in [0.29, 0.717) is 17.7 Å². The van der Waals surface area contributed by atoms with Crippen molar-refractivity contribution in [3.8, 4) is 5.75 Å². The number of Topliss-reactive ketones (excluding diaryl/α,β-unsaturated/α-hetero) is 1. The second-order valence-corrected chi connectivity index (χ2v) is 4.24. The zero-order chi connectivity index (χ0) is 12.8. The lowest BCUT2D eigenvalue weighted by Crippen LogP contribution is -2.20. The lowest BCUT2D eigenvalue weighted by Gasteiger charge is -2.11. The third-order valence-electron chi connectivity index (χ3n) is 2.23. The van der Waals surface area contributed by atoms with E-state index in [0.717, 1.165) is 6.42 Å². The van der Waals surface area contributed by atoms with Gasteiger partial charge >= 0.3 is 0 Å². The van der Waals surface area contributed by atoms with Crippen LogP contribution in [-0.4, -0.2) is 28.1 Å². The molecule has 4 nitrogen and oxygen atoms in total. The van der Waals surface area contributed by atoms with Gasteiger partial charge in [-0.3, -0.25) is 9.78 Å². The lowest BCUT2D eigenvalue weighted by atomic mass is 10.0. The third-order valence-corrected chi connectivity index (χ3v) is 2.23. The maximum absolute atomic E-state index is 11.8. The van der Waals surface area contributed by atoms with Crippen LogP contribution in [0.5, 0.6) is 5.75 Å². The van der Waals surface area contributed by atoms with Gasteiger partial charge in [0.2, 0.25) is 0 Å². The van der Waals surface area contributed by atoms with E-state index in [9.17, 15) is 9.90 Å². The largest absolute Gasteiger partial charge is 0.489 e. The van der Waals surface area contributed by atoms with Gasteiger partial charge in [-0.15, -0.1) is 0 Å². The van der Waals surface area contributed by atoms with E-state index in [1.807, 2.05) is 20.8 Å². The molecule has 0 aliphatic heterocycles. The number of carbonyl (C=O) groups is 1. The average molecular weight is 237 g/mol. The molecule has 0 aliphatic carbocycles. The summed E-state index contributed by atoms with van der Waals surface area (Å²) in [5.41, 5.74) is 0.393. The van der Waals surface area contributed by atoms with Gasteiger partial charge in [0.05, 0.1) is 12.3 Å². The first-order chi connectivity index (χ1) is 8.04. The number of ether oxygens (including phenoxy) is 1. The van der Waals surface area contributed by atoms with Crippen LogP contribution in [0.1, 0.15) is 44.0 Å². The minimum Gasteiger partial charge on any atom is -0.489 e. The topological polar surface area (TPSA) is 59.4 Å². The molecule has 17 heavy (non-hydrogen) atoms. The van der Waals surface area contributed by atoms with Crippen molar-refractivity contribution >= 4 is 5.78 Å². The number of carbonyl (C=O) groups excluding carboxylic acids is 1. The first kappa shape index (κ1) is 13.6. The van der Waals surface area contributed by atoms with Crippen molar-refractivity contribution in [3.05, 3.63) is 24.0 Å². The van der Waals surface area contributed by atoms with Gasteiger partial charge in [0.15, 0.2) is 5.78 Å². The Bertz CT molecular complexity index is 377. The molecular formula is C13H19NO3. The number of rotatable bonds is 6. The average Bonchev–Trinajstić information content (AvgIpc) is 2.28. The number of nitrogens with zero attached hydrogens (tertiary/aromatic N) is 1. The van der Waals surface area contributed by atoms with Crippen LogP contribution in [0, 0.1) is 0 Å². The van der Waals surface area contributed by atoms with Gasteiger partial charge < -0.3 is 9.84 Å². The molecule has 0 spiro atoms. The number of aromatic nitrogens is 1. The second kappa shape index (κ2) is 6.35. The van der Waals surface area contributed by atoms with Gasteiger partial charge in [-0.1, -0.05) is 13.3 Å². The van der Waals surface area contributed by atoms with Crippen LogP contribution < -0.4 is 4.74 Å². The monoisotopic (exact) mass is 237 g/mol. The first-order valence-electron chi connectivity index (χ1n) is 5.88. The van der Waals surface area contributed by atoms with E-state index < -0.39 is 6.10 Å². The molecular weight excluding hydrogens is 218 g/mol. The molecule has 0 amide bonds. The van der Waals surface area contributed by atoms with E-state index in [-0.39, 0.29) is 11.9 Å². The van der Waals surface area contributed by atoms with Gasteiger partial charge in [0, 0.05) is 11.8 Å². The maximum Gasteiger partial charge on any atom is 0.192 e. The number of aliphatic hydroxyl groups excluding tert-OH is 1. The fourth-order valence-corrected chi connectivity index (χ4v) is 1.49. The molecule has 94 valence electrons. The van der Waals surface area contributed by atoms with E-state index >= 15 is 0 Å². The molecule has 1 atom stereocenters. The highest BCUT2D eigenvalue weighted by Gasteiger charge is 2.17. The van der Waals surface area contributed by atoms with Crippen LogP contribution in [0.15, 0.2) is 18.5 Å². The van der Waals surface area contributed by atoms with Crippen LogP contribution in [0.3, 0.4) is 0 Å². The van der Waals surface area contributed by atoms with Crippen molar-refractivity contribution in [1.82, 2.24) is 4.98 Å². The predicted molar refractivity (Wildman–Crippen MR) is 65.2 cm³/mol. The summed E-state index contributed by atoms with van der Waals surface area (Å²) in [7, 11) is 0. The van der Waals surface area contributed by atoms with Crippen LogP contribution in [-0.2, 0) is 0 Å². The highest BCUT2D eigenvalue weighted by Crippen LogP contribution is 2.15. The third kappa shape index (κ3) is 4.15.